The minimum atomic E-state index is -0.539. The average molecular weight is 248 g/mol. The van der Waals surface area contributed by atoms with Gasteiger partial charge in [0.1, 0.15) is 18.0 Å². The molecule has 1 aromatic carbocycles. The number of nitrogens with one attached hydrogen (secondary N) is 2. The summed E-state index contributed by atoms with van der Waals surface area (Å²) in [5.74, 6) is -0.487. The van der Waals surface area contributed by atoms with Crippen LogP contribution < -0.4 is 5.32 Å². The van der Waals surface area contributed by atoms with E-state index >= 15 is 0 Å². The number of aryl methyl sites for hydroxylation is 1. The summed E-state index contributed by atoms with van der Waals surface area (Å²) in [7, 11) is 0. The summed E-state index contributed by atoms with van der Waals surface area (Å²) < 4.78 is 13.5. The van der Waals surface area contributed by atoms with E-state index in [0.717, 1.165) is 5.56 Å². The first-order valence-corrected chi connectivity index (χ1v) is 5.50. The molecule has 2 aromatic rings. The predicted octanol–water partition coefficient (Wildman–Crippen LogP) is 1.74. The molecule has 0 aliphatic rings. The van der Waals surface area contributed by atoms with Crippen molar-refractivity contribution < 1.29 is 9.18 Å². The number of nitrogens with zero attached hydrogens (tertiary/aromatic N) is 2. The van der Waals surface area contributed by atoms with Crippen LogP contribution in [0.15, 0.2) is 24.5 Å². The zero-order chi connectivity index (χ0) is 13.1. The smallest absolute Gasteiger partial charge is 0.254 e. The maximum absolute atomic E-state index is 13.5. The first kappa shape index (κ1) is 12.2. The van der Waals surface area contributed by atoms with E-state index in [9.17, 15) is 9.18 Å². The molecule has 0 spiro atoms. The number of aromatic amines is 1. The number of hydrogen-bond donors (Lipinski definition) is 2. The Morgan fingerprint density at radius 3 is 2.94 bits per heavy atom. The molecule has 1 heterocycles. The van der Waals surface area contributed by atoms with Crippen molar-refractivity contribution in [3.8, 4) is 0 Å². The summed E-state index contributed by atoms with van der Waals surface area (Å²) in [6.07, 6.45) is 1.35. The molecule has 5 nitrogen and oxygen atoms in total. The zero-order valence-corrected chi connectivity index (χ0v) is 10.1. The van der Waals surface area contributed by atoms with E-state index < -0.39 is 11.7 Å². The van der Waals surface area contributed by atoms with Gasteiger partial charge in [-0.05, 0) is 26.0 Å². The van der Waals surface area contributed by atoms with Crippen LogP contribution >= 0.6 is 0 Å². The third-order valence-corrected chi connectivity index (χ3v) is 2.56. The number of carbonyl (C=O) groups excluding carboxylic acids is 1. The maximum atomic E-state index is 13.5. The predicted molar refractivity (Wildman–Crippen MR) is 63.4 cm³/mol. The Balaban J connectivity index is 2.15. The molecule has 1 unspecified atom stereocenters. The molecule has 0 bridgehead atoms. The van der Waals surface area contributed by atoms with Crippen molar-refractivity contribution in [2.45, 2.75) is 19.9 Å². The molecule has 0 radical (unpaired) electrons. The van der Waals surface area contributed by atoms with E-state index in [-0.39, 0.29) is 11.6 Å². The highest BCUT2D eigenvalue weighted by atomic mass is 19.1. The molecule has 6 heteroatoms. The number of rotatable bonds is 3. The van der Waals surface area contributed by atoms with E-state index in [1.54, 1.807) is 19.9 Å². The highest BCUT2D eigenvalue weighted by Gasteiger charge is 2.16. The SMILES string of the molecule is Cc1ccc(F)c(C(=O)NC(C)c2ncn[nH]2)c1. The van der Waals surface area contributed by atoms with Crippen LogP contribution in [0, 0.1) is 12.7 Å². The Kier molecular flexibility index (Phi) is 3.36. The summed E-state index contributed by atoms with van der Waals surface area (Å²) in [4.78, 5) is 15.8. The third kappa shape index (κ3) is 2.53. The van der Waals surface area contributed by atoms with Gasteiger partial charge in [0.05, 0.1) is 11.6 Å². The van der Waals surface area contributed by atoms with Crippen LogP contribution in [0.25, 0.3) is 0 Å². The van der Waals surface area contributed by atoms with Crippen LogP contribution in [0.1, 0.15) is 34.7 Å². The molecule has 1 amide bonds. The Hall–Kier alpha value is -2.24. The van der Waals surface area contributed by atoms with Gasteiger partial charge < -0.3 is 5.32 Å². The highest BCUT2D eigenvalue weighted by Crippen LogP contribution is 2.12. The quantitative estimate of drug-likeness (QED) is 0.869. The van der Waals surface area contributed by atoms with Gasteiger partial charge in [-0.15, -0.1) is 0 Å². The Bertz CT molecular complexity index is 553. The molecule has 2 N–H and O–H groups in total. The fourth-order valence-corrected chi connectivity index (χ4v) is 1.58. The molecule has 0 aliphatic heterocycles. The van der Waals surface area contributed by atoms with Crippen LogP contribution in [0.3, 0.4) is 0 Å². The number of aromatic nitrogens is 3. The lowest BCUT2D eigenvalue weighted by Crippen LogP contribution is -2.28. The number of halogens is 1. The van der Waals surface area contributed by atoms with Crippen molar-refractivity contribution >= 4 is 5.91 Å². The Morgan fingerprint density at radius 1 is 1.50 bits per heavy atom. The topological polar surface area (TPSA) is 70.7 Å². The molecule has 0 fully saturated rings. The number of hydrogen-bond acceptors (Lipinski definition) is 3. The summed E-state index contributed by atoms with van der Waals surface area (Å²) in [6.45, 7) is 3.54. The second kappa shape index (κ2) is 4.95. The van der Waals surface area contributed by atoms with E-state index in [4.69, 9.17) is 0 Å². The van der Waals surface area contributed by atoms with Crippen LogP contribution in [0.2, 0.25) is 0 Å². The number of amides is 1. The molecule has 18 heavy (non-hydrogen) atoms. The van der Waals surface area contributed by atoms with Crippen LogP contribution in [-0.4, -0.2) is 21.1 Å². The molecular formula is C12H13FN4O. The Labute approximate surface area is 103 Å². The lowest BCUT2D eigenvalue weighted by molar-refractivity contribution is 0.0934. The summed E-state index contributed by atoms with van der Waals surface area (Å²) in [5.41, 5.74) is 0.857. The number of H-pyrrole nitrogens is 1. The van der Waals surface area contributed by atoms with Gasteiger partial charge in [0.15, 0.2) is 0 Å². The van der Waals surface area contributed by atoms with Gasteiger partial charge in [0.25, 0.3) is 5.91 Å². The fraction of sp³-hybridized carbons (Fsp3) is 0.250. The molecule has 1 aromatic heterocycles. The minimum Gasteiger partial charge on any atom is -0.342 e. The van der Waals surface area contributed by atoms with Gasteiger partial charge in [-0.2, -0.15) is 5.10 Å². The normalized spacial score (nSPS) is 12.2. The average Bonchev–Trinajstić information content (AvgIpc) is 2.85. The third-order valence-electron chi connectivity index (χ3n) is 2.56. The van der Waals surface area contributed by atoms with Crippen molar-refractivity contribution in [2.75, 3.05) is 0 Å². The summed E-state index contributed by atoms with van der Waals surface area (Å²) in [5, 5.41) is 9.00. The minimum absolute atomic E-state index is 0.0290. The van der Waals surface area contributed by atoms with E-state index in [1.807, 2.05) is 0 Å². The van der Waals surface area contributed by atoms with Crippen molar-refractivity contribution in [3.63, 3.8) is 0 Å². The van der Waals surface area contributed by atoms with E-state index in [1.165, 1.54) is 18.5 Å². The van der Waals surface area contributed by atoms with Crippen molar-refractivity contribution in [1.29, 1.82) is 0 Å². The molecule has 94 valence electrons. The number of carbonyl (C=O) groups is 1. The first-order valence-electron chi connectivity index (χ1n) is 5.50. The molecule has 0 saturated carbocycles. The monoisotopic (exact) mass is 248 g/mol. The fourth-order valence-electron chi connectivity index (χ4n) is 1.58. The van der Waals surface area contributed by atoms with Crippen LogP contribution in [0.4, 0.5) is 4.39 Å². The Morgan fingerprint density at radius 2 is 2.28 bits per heavy atom. The molecule has 1 atom stereocenters. The second-order valence-corrected chi connectivity index (χ2v) is 4.05. The van der Waals surface area contributed by atoms with Gasteiger partial charge in [0.2, 0.25) is 0 Å². The second-order valence-electron chi connectivity index (χ2n) is 4.05. The molecule has 2 rings (SSSR count). The van der Waals surface area contributed by atoms with Crippen LogP contribution in [0.5, 0.6) is 0 Å². The van der Waals surface area contributed by atoms with Crippen molar-refractivity contribution in [3.05, 3.63) is 47.3 Å². The summed E-state index contributed by atoms with van der Waals surface area (Å²) in [6, 6.07) is 4.05. The maximum Gasteiger partial charge on any atom is 0.254 e. The molecular weight excluding hydrogens is 235 g/mol. The first-order chi connectivity index (χ1) is 8.58. The van der Waals surface area contributed by atoms with Gasteiger partial charge >= 0.3 is 0 Å². The van der Waals surface area contributed by atoms with Gasteiger partial charge in [-0.25, -0.2) is 9.37 Å². The van der Waals surface area contributed by atoms with Crippen molar-refractivity contribution in [1.82, 2.24) is 20.5 Å². The van der Waals surface area contributed by atoms with Crippen molar-refractivity contribution in [2.24, 2.45) is 0 Å². The van der Waals surface area contributed by atoms with Crippen LogP contribution in [-0.2, 0) is 0 Å². The lowest BCUT2D eigenvalue weighted by atomic mass is 10.1. The number of benzene rings is 1. The molecule has 0 saturated heterocycles. The lowest BCUT2D eigenvalue weighted by Gasteiger charge is -2.11. The summed E-state index contributed by atoms with van der Waals surface area (Å²) >= 11 is 0. The molecule has 0 aliphatic carbocycles. The van der Waals surface area contributed by atoms with Gasteiger partial charge in [-0.3, -0.25) is 9.89 Å². The largest absolute Gasteiger partial charge is 0.342 e. The highest BCUT2D eigenvalue weighted by molar-refractivity contribution is 5.94. The van der Waals surface area contributed by atoms with Gasteiger partial charge in [0, 0.05) is 0 Å². The van der Waals surface area contributed by atoms with Gasteiger partial charge in [-0.1, -0.05) is 11.6 Å². The standard InChI is InChI=1S/C12H13FN4O/c1-7-3-4-10(13)9(5-7)12(18)16-8(2)11-14-6-15-17-11/h3-6,8H,1-2H3,(H,16,18)(H,14,15,17). The zero-order valence-electron chi connectivity index (χ0n) is 10.1. The van der Waals surface area contributed by atoms with E-state index in [0.29, 0.717) is 5.82 Å². The van der Waals surface area contributed by atoms with E-state index in [2.05, 4.69) is 20.5 Å².